The van der Waals surface area contributed by atoms with E-state index in [9.17, 15) is 4.79 Å². The average Bonchev–Trinajstić information content (AvgIpc) is 2.85. The van der Waals surface area contributed by atoms with E-state index in [4.69, 9.17) is 0 Å². The molecule has 0 unspecified atom stereocenters. The first-order valence-corrected chi connectivity index (χ1v) is 6.41. The standard InChI is InChI=1S/C14H18N4O/c1-4-9(2)14(19)16-12-8-6-5-7-11(12)13-15-10(3)17-18-13/h5-9H,4H2,1-3H3,(H,16,19)(H,15,17,18)/t9-/m0/s1. The van der Waals surface area contributed by atoms with E-state index < -0.39 is 0 Å². The normalized spacial score (nSPS) is 12.2. The van der Waals surface area contributed by atoms with Gasteiger partial charge in [0.1, 0.15) is 5.82 Å². The van der Waals surface area contributed by atoms with Crippen LogP contribution in [0.15, 0.2) is 24.3 Å². The monoisotopic (exact) mass is 258 g/mol. The fourth-order valence-corrected chi connectivity index (χ4v) is 1.69. The van der Waals surface area contributed by atoms with Gasteiger partial charge in [0.2, 0.25) is 5.91 Å². The molecule has 100 valence electrons. The van der Waals surface area contributed by atoms with Gasteiger partial charge in [0.25, 0.3) is 0 Å². The van der Waals surface area contributed by atoms with Crippen molar-refractivity contribution in [3.05, 3.63) is 30.1 Å². The predicted octanol–water partition coefficient (Wildman–Crippen LogP) is 2.76. The quantitative estimate of drug-likeness (QED) is 0.885. The minimum absolute atomic E-state index is 0.0121. The Morgan fingerprint density at radius 3 is 2.79 bits per heavy atom. The fourth-order valence-electron chi connectivity index (χ4n) is 1.69. The maximum Gasteiger partial charge on any atom is 0.227 e. The molecule has 2 aromatic rings. The molecule has 0 aliphatic heterocycles. The Labute approximate surface area is 112 Å². The van der Waals surface area contributed by atoms with Gasteiger partial charge in [-0.2, -0.15) is 5.10 Å². The molecule has 2 N–H and O–H groups in total. The molecule has 1 atom stereocenters. The molecule has 0 radical (unpaired) electrons. The van der Waals surface area contributed by atoms with Crippen LogP contribution in [-0.2, 0) is 4.79 Å². The van der Waals surface area contributed by atoms with Gasteiger partial charge in [-0.25, -0.2) is 4.98 Å². The van der Waals surface area contributed by atoms with E-state index in [1.807, 2.05) is 45.0 Å². The van der Waals surface area contributed by atoms with E-state index in [2.05, 4.69) is 20.5 Å². The molecule has 19 heavy (non-hydrogen) atoms. The highest BCUT2D eigenvalue weighted by atomic mass is 16.1. The van der Waals surface area contributed by atoms with Crippen molar-refractivity contribution in [2.24, 2.45) is 5.92 Å². The first-order chi connectivity index (χ1) is 9.11. The number of para-hydroxylation sites is 1. The van der Waals surface area contributed by atoms with Gasteiger partial charge in [-0.3, -0.25) is 9.89 Å². The number of aromatic amines is 1. The molecule has 1 aromatic heterocycles. The molecule has 1 amide bonds. The third-order valence-electron chi connectivity index (χ3n) is 3.08. The summed E-state index contributed by atoms with van der Waals surface area (Å²) in [5.74, 6) is 1.35. The molecule has 2 rings (SSSR count). The lowest BCUT2D eigenvalue weighted by molar-refractivity contribution is -0.119. The maximum absolute atomic E-state index is 12.0. The Kier molecular flexibility index (Phi) is 3.94. The second-order valence-corrected chi connectivity index (χ2v) is 4.59. The third kappa shape index (κ3) is 2.99. The van der Waals surface area contributed by atoms with Crippen LogP contribution in [0.1, 0.15) is 26.1 Å². The summed E-state index contributed by atoms with van der Waals surface area (Å²) in [6, 6.07) is 7.55. The second-order valence-electron chi connectivity index (χ2n) is 4.59. The Balaban J connectivity index is 2.29. The Bertz CT molecular complexity index is 576. The Morgan fingerprint density at radius 1 is 1.42 bits per heavy atom. The lowest BCUT2D eigenvalue weighted by Gasteiger charge is -2.12. The van der Waals surface area contributed by atoms with Crippen LogP contribution in [0.2, 0.25) is 0 Å². The van der Waals surface area contributed by atoms with Gasteiger partial charge in [0.05, 0.1) is 5.69 Å². The maximum atomic E-state index is 12.0. The summed E-state index contributed by atoms with van der Waals surface area (Å²) in [7, 11) is 0. The molecule has 1 aromatic carbocycles. The number of aromatic nitrogens is 3. The highest BCUT2D eigenvalue weighted by Gasteiger charge is 2.14. The number of rotatable bonds is 4. The van der Waals surface area contributed by atoms with Gasteiger partial charge in [0, 0.05) is 11.5 Å². The zero-order valence-corrected chi connectivity index (χ0v) is 11.4. The van der Waals surface area contributed by atoms with E-state index in [0.29, 0.717) is 5.82 Å². The zero-order chi connectivity index (χ0) is 13.8. The minimum Gasteiger partial charge on any atom is -0.325 e. The number of hydrogen-bond acceptors (Lipinski definition) is 3. The first kappa shape index (κ1) is 13.3. The van der Waals surface area contributed by atoms with Crippen molar-refractivity contribution < 1.29 is 4.79 Å². The second kappa shape index (κ2) is 5.65. The summed E-state index contributed by atoms with van der Waals surface area (Å²) in [5.41, 5.74) is 1.57. The van der Waals surface area contributed by atoms with Crippen LogP contribution < -0.4 is 5.32 Å². The molecule has 0 bridgehead atoms. The number of carbonyl (C=O) groups excluding carboxylic acids is 1. The fraction of sp³-hybridized carbons (Fsp3) is 0.357. The summed E-state index contributed by atoms with van der Waals surface area (Å²) >= 11 is 0. The molecule has 5 nitrogen and oxygen atoms in total. The van der Waals surface area contributed by atoms with Crippen LogP contribution in [0, 0.1) is 12.8 Å². The predicted molar refractivity (Wildman–Crippen MR) is 74.6 cm³/mol. The van der Waals surface area contributed by atoms with Crippen molar-refractivity contribution in [3.63, 3.8) is 0 Å². The molecule has 0 saturated carbocycles. The van der Waals surface area contributed by atoms with Crippen molar-refractivity contribution in [2.75, 3.05) is 5.32 Å². The van der Waals surface area contributed by atoms with E-state index in [0.717, 1.165) is 23.5 Å². The number of nitrogens with one attached hydrogen (secondary N) is 2. The lowest BCUT2D eigenvalue weighted by Crippen LogP contribution is -2.20. The lowest BCUT2D eigenvalue weighted by atomic mass is 10.1. The van der Waals surface area contributed by atoms with Gasteiger partial charge in [0.15, 0.2) is 5.82 Å². The van der Waals surface area contributed by atoms with Crippen molar-refractivity contribution in [1.82, 2.24) is 15.2 Å². The van der Waals surface area contributed by atoms with Crippen molar-refractivity contribution in [1.29, 1.82) is 0 Å². The smallest absolute Gasteiger partial charge is 0.227 e. The van der Waals surface area contributed by atoms with E-state index in [-0.39, 0.29) is 11.8 Å². The zero-order valence-electron chi connectivity index (χ0n) is 11.4. The molecule has 0 spiro atoms. The molecule has 5 heteroatoms. The molecule has 1 heterocycles. The largest absolute Gasteiger partial charge is 0.325 e. The highest BCUT2D eigenvalue weighted by Crippen LogP contribution is 2.25. The van der Waals surface area contributed by atoms with Gasteiger partial charge < -0.3 is 5.32 Å². The summed E-state index contributed by atoms with van der Waals surface area (Å²) < 4.78 is 0. The summed E-state index contributed by atoms with van der Waals surface area (Å²) in [6.07, 6.45) is 0.813. The van der Waals surface area contributed by atoms with Crippen molar-refractivity contribution in [3.8, 4) is 11.4 Å². The number of benzene rings is 1. The van der Waals surface area contributed by atoms with Crippen LogP contribution >= 0.6 is 0 Å². The number of aryl methyl sites for hydroxylation is 1. The molecule has 0 aliphatic carbocycles. The SMILES string of the molecule is CC[C@H](C)C(=O)Nc1ccccc1-c1n[nH]c(C)n1. The summed E-state index contributed by atoms with van der Waals surface area (Å²) in [6.45, 7) is 5.75. The topological polar surface area (TPSA) is 70.7 Å². The minimum atomic E-state index is -0.0121. The van der Waals surface area contributed by atoms with Gasteiger partial charge >= 0.3 is 0 Å². The molecule has 0 saturated heterocycles. The van der Waals surface area contributed by atoms with Crippen molar-refractivity contribution in [2.45, 2.75) is 27.2 Å². The number of H-pyrrole nitrogens is 1. The number of anilines is 1. The molecule has 0 fully saturated rings. The van der Waals surface area contributed by atoms with Crippen LogP contribution in [0.3, 0.4) is 0 Å². The number of amides is 1. The average molecular weight is 258 g/mol. The molecular formula is C14H18N4O. The van der Waals surface area contributed by atoms with Crippen LogP contribution in [0.4, 0.5) is 5.69 Å². The van der Waals surface area contributed by atoms with Gasteiger partial charge in [-0.05, 0) is 25.5 Å². The van der Waals surface area contributed by atoms with Crippen LogP contribution in [0.5, 0.6) is 0 Å². The Hall–Kier alpha value is -2.17. The molecule has 0 aliphatic rings. The first-order valence-electron chi connectivity index (χ1n) is 6.41. The van der Waals surface area contributed by atoms with Crippen molar-refractivity contribution >= 4 is 11.6 Å². The highest BCUT2D eigenvalue weighted by molar-refractivity contribution is 5.95. The summed E-state index contributed by atoms with van der Waals surface area (Å²) in [5, 5.41) is 9.88. The van der Waals surface area contributed by atoms with E-state index in [1.165, 1.54) is 0 Å². The van der Waals surface area contributed by atoms with Gasteiger partial charge in [-0.15, -0.1) is 0 Å². The third-order valence-corrected chi connectivity index (χ3v) is 3.08. The van der Waals surface area contributed by atoms with E-state index in [1.54, 1.807) is 0 Å². The Morgan fingerprint density at radius 2 is 2.16 bits per heavy atom. The summed E-state index contributed by atoms with van der Waals surface area (Å²) in [4.78, 5) is 16.3. The van der Waals surface area contributed by atoms with E-state index >= 15 is 0 Å². The van der Waals surface area contributed by atoms with Gasteiger partial charge in [-0.1, -0.05) is 26.0 Å². The van der Waals surface area contributed by atoms with Crippen LogP contribution in [0.25, 0.3) is 11.4 Å². The number of nitrogens with zero attached hydrogens (tertiary/aromatic N) is 2. The van der Waals surface area contributed by atoms with Crippen LogP contribution in [-0.4, -0.2) is 21.1 Å². The number of hydrogen-bond donors (Lipinski definition) is 2. The molecular weight excluding hydrogens is 240 g/mol. The number of carbonyl (C=O) groups is 1.